The smallest absolute Gasteiger partial charge is 0.328 e. The molecule has 3 N–H and O–H groups in total. The van der Waals surface area contributed by atoms with Crippen LogP contribution in [0.2, 0.25) is 0 Å². The molecule has 300 valence electrons. The lowest BCUT2D eigenvalue weighted by molar-refractivity contribution is -0.132. The second-order valence-electron chi connectivity index (χ2n) is 15.8. The highest BCUT2D eigenvalue weighted by Crippen LogP contribution is 2.34. The Balaban J connectivity index is 0.856. The number of urea groups is 1. The van der Waals surface area contributed by atoms with E-state index in [1.54, 1.807) is 18.9 Å². The molecule has 2 fully saturated rings. The van der Waals surface area contributed by atoms with Crippen molar-refractivity contribution >= 4 is 46.2 Å². The SMILES string of the molecule is Cc1cc(-c2cnc3[nH]cc(-c4ccc(C(=O)N(C)CC(C)O)cc4)c3c2)cc2c1CN(CCC(=O)N1CCN(c3ccc(N4CCC(=O)NC4=O)cc3)CC1)CC2. The molecule has 1 unspecified atom stereocenters. The number of aliphatic hydroxyl groups excluding tert-OH is 1. The summed E-state index contributed by atoms with van der Waals surface area (Å²) < 4.78 is 0. The number of fused-ring (bicyclic) bond motifs is 2. The molecule has 0 bridgehead atoms. The zero-order valence-electron chi connectivity index (χ0n) is 33.3. The Morgan fingerprint density at radius 2 is 1.62 bits per heavy atom. The molecule has 13 heteroatoms. The number of imide groups is 1. The number of piperazine rings is 1. The molecule has 3 aliphatic rings. The van der Waals surface area contributed by atoms with Gasteiger partial charge in [0.05, 0.1) is 6.10 Å². The highest BCUT2D eigenvalue weighted by molar-refractivity contribution is 6.05. The van der Waals surface area contributed by atoms with E-state index in [4.69, 9.17) is 4.98 Å². The fourth-order valence-electron chi connectivity index (χ4n) is 8.45. The van der Waals surface area contributed by atoms with Gasteiger partial charge in [-0.25, -0.2) is 9.78 Å². The van der Waals surface area contributed by atoms with Crippen LogP contribution in [0.1, 0.15) is 46.8 Å². The van der Waals surface area contributed by atoms with Gasteiger partial charge >= 0.3 is 6.03 Å². The van der Waals surface area contributed by atoms with Gasteiger partial charge in [-0.1, -0.05) is 24.3 Å². The van der Waals surface area contributed by atoms with Gasteiger partial charge < -0.3 is 24.8 Å². The van der Waals surface area contributed by atoms with Crippen molar-refractivity contribution in [2.45, 2.75) is 45.8 Å². The van der Waals surface area contributed by atoms with Crippen molar-refractivity contribution < 1.29 is 24.3 Å². The number of rotatable bonds is 10. The molecule has 0 saturated carbocycles. The fourth-order valence-corrected chi connectivity index (χ4v) is 8.45. The molecule has 2 aromatic heterocycles. The Labute approximate surface area is 338 Å². The van der Waals surface area contributed by atoms with Crippen LogP contribution in [0.5, 0.6) is 0 Å². The monoisotopic (exact) mass is 782 g/mol. The maximum atomic E-state index is 13.3. The number of aryl methyl sites for hydroxylation is 1. The summed E-state index contributed by atoms with van der Waals surface area (Å²) in [6, 6.07) is 21.7. The first kappa shape index (κ1) is 38.8. The van der Waals surface area contributed by atoms with Crippen molar-refractivity contribution in [3.63, 3.8) is 0 Å². The molecule has 58 heavy (non-hydrogen) atoms. The summed E-state index contributed by atoms with van der Waals surface area (Å²) in [5.41, 5.74) is 11.3. The van der Waals surface area contributed by atoms with Crippen LogP contribution in [-0.2, 0) is 22.6 Å². The van der Waals surface area contributed by atoms with Crippen LogP contribution >= 0.6 is 0 Å². The molecule has 8 rings (SSSR count). The maximum absolute atomic E-state index is 13.3. The number of nitrogens with one attached hydrogen (secondary N) is 2. The van der Waals surface area contributed by atoms with Crippen LogP contribution in [0, 0.1) is 6.92 Å². The summed E-state index contributed by atoms with van der Waals surface area (Å²) in [5.74, 6) is -0.186. The van der Waals surface area contributed by atoms with E-state index in [9.17, 15) is 24.3 Å². The Morgan fingerprint density at radius 1 is 0.879 bits per heavy atom. The Bertz CT molecular complexity index is 2350. The molecule has 0 radical (unpaired) electrons. The molecule has 1 atom stereocenters. The Hall–Kier alpha value is -6.05. The topological polar surface area (TPSA) is 145 Å². The normalized spacial score (nSPS) is 16.7. The zero-order valence-corrected chi connectivity index (χ0v) is 33.3. The van der Waals surface area contributed by atoms with Gasteiger partial charge in [0.1, 0.15) is 5.65 Å². The first-order chi connectivity index (χ1) is 28.0. The van der Waals surface area contributed by atoms with Crippen LogP contribution in [-0.4, -0.2) is 119 Å². The number of likely N-dealkylation sites (N-methyl/N-ethyl adjacent to an activating group) is 1. The molecule has 0 aliphatic carbocycles. The number of carbonyl (C=O) groups excluding carboxylic acids is 4. The Morgan fingerprint density at radius 3 is 2.34 bits per heavy atom. The number of hydrogen-bond acceptors (Lipinski definition) is 8. The molecule has 0 spiro atoms. The van der Waals surface area contributed by atoms with E-state index in [1.807, 2.05) is 65.8 Å². The summed E-state index contributed by atoms with van der Waals surface area (Å²) in [6.45, 7) is 9.76. The van der Waals surface area contributed by atoms with Crippen molar-refractivity contribution in [3.8, 4) is 22.3 Å². The largest absolute Gasteiger partial charge is 0.392 e. The number of pyridine rings is 1. The van der Waals surface area contributed by atoms with Crippen molar-refractivity contribution in [3.05, 3.63) is 101 Å². The van der Waals surface area contributed by atoms with E-state index < -0.39 is 6.10 Å². The number of anilines is 2. The summed E-state index contributed by atoms with van der Waals surface area (Å²) in [5, 5.41) is 13.1. The van der Waals surface area contributed by atoms with Crippen LogP contribution in [0.25, 0.3) is 33.3 Å². The third-order valence-electron chi connectivity index (χ3n) is 11.7. The zero-order chi connectivity index (χ0) is 40.5. The van der Waals surface area contributed by atoms with Gasteiger partial charge in [0.25, 0.3) is 5.91 Å². The van der Waals surface area contributed by atoms with Crippen molar-refractivity contribution in [2.24, 2.45) is 0 Å². The molecule has 5 amide bonds. The lowest BCUT2D eigenvalue weighted by Gasteiger charge is -2.37. The van der Waals surface area contributed by atoms with Crippen LogP contribution in [0.4, 0.5) is 16.2 Å². The number of benzene rings is 3. The van der Waals surface area contributed by atoms with Crippen molar-refractivity contribution in [1.29, 1.82) is 0 Å². The molecular weight excluding hydrogens is 733 g/mol. The quantitative estimate of drug-likeness (QED) is 0.175. The Kier molecular flexibility index (Phi) is 11.0. The van der Waals surface area contributed by atoms with Crippen LogP contribution < -0.4 is 15.1 Å². The van der Waals surface area contributed by atoms with Gasteiger partial charge in [-0.05, 0) is 90.6 Å². The van der Waals surface area contributed by atoms with Gasteiger partial charge in [0.2, 0.25) is 11.8 Å². The number of H-pyrrole nitrogens is 1. The molecule has 3 aliphatic heterocycles. The highest BCUT2D eigenvalue weighted by atomic mass is 16.3. The first-order valence-corrected chi connectivity index (χ1v) is 20.1. The molecule has 5 aromatic rings. The predicted octanol–water partition coefficient (Wildman–Crippen LogP) is 5.20. The molecule has 13 nitrogen and oxygen atoms in total. The van der Waals surface area contributed by atoms with Gasteiger partial charge in [0, 0.05) is 125 Å². The number of amides is 5. The standard InChI is InChI=1S/C45H50N8O5/c1-29-22-34(35-24-38-39(26-47-43(38)46-25-35)31-4-6-32(7-5-31)44(57)49(3)27-30(2)54)23-33-12-15-50(28-40(29)33)16-14-42(56)52-20-18-51(19-21-52)36-8-10-37(11-9-36)53-17-13-41(55)48-45(53)58/h4-11,22-26,30,54H,12-21,27-28H2,1-3H3,(H,46,47)(H,48,55,58). The lowest BCUT2D eigenvalue weighted by Crippen LogP contribution is -2.50. The number of aromatic amines is 1. The van der Waals surface area contributed by atoms with Gasteiger partial charge in [-0.3, -0.25) is 29.5 Å². The third kappa shape index (κ3) is 8.18. The van der Waals surface area contributed by atoms with E-state index in [1.165, 1.54) is 21.6 Å². The van der Waals surface area contributed by atoms with E-state index in [0.717, 1.165) is 83.8 Å². The number of nitrogens with zero attached hydrogens (tertiary/aromatic N) is 6. The number of hydrogen-bond donors (Lipinski definition) is 3. The van der Waals surface area contributed by atoms with Crippen molar-refractivity contribution in [1.82, 2.24) is 30.0 Å². The predicted molar refractivity (Wildman–Crippen MR) is 225 cm³/mol. The molecule has 3 aromatic carbocycles. The third-order valence-corrected chi connectivity index (χ3v) is 11.7. The van der Waals surface area contributed by atoms with Gasteiger partial charge in [0.15, 0.2) is 0 Å². The van der Waals surface area contributed by atoms with Gasteiger partial charge in [-0.2, -0.15) is 0 Å². The summed E-state index contributed by atoms with van der Waals surface area (Å²) in [4.78, 5) is 67.7. The van der Waals surface area contributed by atoms with E-state index in [0.29, 0.717) is 38.0 Å². The second-order valence-corrected chi connectivity index (χ2v) is 15.8. The van der Waals surface area contributed by atoms with E-state index in [2.05, 4.69) is 45.2 Å². The maximum Gasteiger partial charge on any atom is 0.328 e. The number of carbonyl (C=O) groups is 4. The minimum Gasteiger partial charge on any atom is -0.392 e. The number of aromatic nitrogens is 2. The van der Waals surface area contributed by atoms with Crippen molar-refractivity contribution in [2.75, 3.05) is 69.2 Å². The minimum absolute atomic E-state index is 0.130. The average molecular weight is 783 g/mol. The first-order valence-electron chi connectivity index (χ1n) is 20.1. The summed E-state index contributed by atoms with van der Waals surface area (Å²) >= 11 is 0. The van der Waals surface area contributed by atoms with Crippen LogP contribution in [0.15, 0.2) is 79.1 Å². The summed E-state index contributed by atoms with van der Waals surface area (Å²) in [6.07, 6.45) is 4.98. The van der Waals surface area contributed by atoms with E-state index in [-0.39, 0.29) is 30.3 Å². The fraction of sp³-hybridized carbons (Fsp3) is 0.356. The highest BCUT2D eigenvalue weighted by Gasteiger charge is 2.26. The molecular formula is C45H50N8O5. The summed E-state index contributed by atoms with van der Waals surface area (Å²) in [7, 11) is 1.69. The lowest BCUT2D eigenvalue weighted by atomic mass is 9.90. The van der Waals surface area contributed by atoms with E-state index >= 15 is 0 Å². The minimum atomic E-state index is -0.592. The van der Waals surface area contributed by atoms with Crippen LogP contribution in [0.3, 0.4) is 0 Å². The number of aliphatic hydroxyl groups is 1. The molecule has 5 heterocycles. The second kappa shape index (κ2) is 16.4. The molecule has 2 saturated heterocycles. The average Bonchev–Trinajstić information content (AvgIpc) is 3.66. The van der Waals surface area contributed by atoms with Gasteiger partial charge in [-0.15, -0.1) is 0 Å².